The van der Waals surface area contributed by atoms with Crippen LogP contribution in [0.2, 0.25) is 6.55 Å². The summed E-state index contributed by atoms with van der Waals surface area (Å²) < 4.78 is 13.5. The van der Waals surface area contributed by atoms with Gasteiger partial charge in [-0.1, -0.05) is 114 Å². The molecular formula is C31H48O2Si. The molecule has 3 heteroatoms. The largest absolute Gasteiger partial charge is 0.514 e. The van der Waals surface area contributed by atoms with Crippen LogP contribution in [-0.2, 0) is 21.7 Å². The van der Waals surface area contributed by atoms with Crippen molar-refractivity contribution in [1.29, 1.82) is 0 Å². The molecule has 0 bridgehead atoms. The third-order valence-corrected chi connectivity index (χ3v) is 8.22. The van der Waals surface area contributed by atoms with E-state index >= 15 is 0 Å². The fraction of sp³-hybridized carbons (Fsp3) is 0.613. The molecule has 0 atom stereocenters. The number of rotatable bonds is 0. The van der Waals surface area contributed by atoms with E-state index in [0.717, 1.165) is 11.5 Å². The SMILES string of the molecule is CC1c2cc(C(C)(C)C)cc(C(C)(C)C)c2O[SiH](C)Oc2c1cc(C(C)(C)C)cc2C(C)(C)C. The van der Waals surface area contributed by atoms with Crippen LogP contribution in [0.15, 0.2) is 24.3 Å². The monoisotopic (exact) mass is 480 g/mol. The maximum absolute atomic E-state index is 6.77. The van der Waals surface area contributed by atoms with E-state index in [1.807, 2.05) is 0 Å². The molecule has 0 spiro atoms. The lowest BCUT2D eigenvalue weighted by atomic mass is 9.74. The van der Waals surface area contributed by atoms with E-state index in [1.54, 1.807) is 0 Å². The molecule has 3 rings (SSSR count). The lowest BCUT2D eigenvalue weighted by Crippen LogP contribution is -2.33. The van der Waals surface area contributed by atoms with Crippen LogP contribution >= 0.6 is 0 Å². The van der Waals surface area contributed by atoms with Crippen molar-refractivity contribution >= 4 is 9.28 Å². The third-order valence-electron chi connectivity index (χ3n) is 7.08. The van der Waals surface area contributed by atoms with Gasteiger partial charge in [-0.05, 0) is 50.5 Å². The van der Waals surface area contributed by atoms with Gasteiger partial charge in [-0.15, -0.1) is 0 Å². The molecule has 2 aromatic rings. The summed E-state index contributed by atoms with van der Waals surface area (Å²) in [5.74, 6) is 2.27. The Morgan fingerprint density at radius 1 is 0.559 bits per heavy atom. The van der Waals surface area contributed by atoms with Crippen molar-refractivity contribution in [3.8, 4) is 11.5 Å². The van der Waals surface area contributed by atoms with Crippen LogP contribution in [0, 0.1) is 0 Å². The molecule has 0 amide bonds. The maximum Gasteiger partial charge on any atom is 0.441 e. The van der Waals surface area contributed by atoms with Crippen molar-refractivity contribution in [2.24, 2.45) is 0 Å². The number of hydrogen-bond donors (Lipinski definition) is 0. The Hall–Kier alpha value is -1.74. The van der Waals surface area contributed by atoms with Gasteiger partial charge in [0.15, 0.2) is 0 Å². The zero-order chi connectivity index (χ0) is 26.0. The molecule has 0 aliphatic carbocycles. The molecule has 2 aromatic carbocycles. The maximum atomic E-state index is 6.77. The van der Waals surface area contributed by atoms with E-state index in [1.165, 1.54) is 33.4 Å². The molecule has 0 aromatic heterocycles. The molecule has 0 saturated carbocycles. The topological polar surface area (TPSA) is 18.5 Å². The standard InChI is InChI=1S/C31H48O2Si/c1-19-22-15-20(28(2,3)4)17-24(30(8,9)10)26(22)32-34(14)33-27-23(19)16-21(29(5,6)7)18-25(27)31(11,12)13/h15-19,34H,1-14H3. The first-order valence-corrected chi connectivity index (χ1v) is 15.0. The quantitative estimate of drug-likeness (QED) is 0.351. The van der Waals surface area contributed by atoms with Crippen molar-refractivity contribution in [2.45, 2.75) is 124 Å². The normalized spacial score (nSPS) is 19.4. The van der Waals surface area contributed by atoms with Gasteiger partial charge in [-0.3, -0.25) is 0 Å². The zero-order valence-corrected chi connectivity index (χ0v) is 25.4. The predicted molar refractivity (Wildman–Crippen MR) is 149 cm³/mol. The van der Waals surface area contributed by atoms with Crippen molar-refractivity contribution in [2.75, 3.05) is 0 Å². The van der Waals surface area contributed by atoms with E-state index in [0.29, 0.717) is 0 Å². The van der Waals surface area contributed by atoms with E-state index in [4.69, 9.17) is 8.85 Å². The summed E-state index contributed by atoms with van der Waals surface area (Å²) >= 11 is 0. The van der Waals surface area contributed by atoms with E-state index in [-0.39, 0.29) is 27.6 Å². The Morgan fingerprint density at radius 3 is 1.15 bits per heavy atom. The lowest BCUT2D eigenvalue weighted by Gasteiger charge is -2.37. The summed E-state index contributed by atoms with van der Waals surface area (Å²) in [6, 6.07) is 9.57. The van der Waals surface area contributed by atoms with Gasteiger partial charge in [-0.25, -0.2) is 0 Å². The average molecular weight is 481 g/mol. The Kier molecular flexibility index (Phi) is 6.66. The molecular weight excluding hydrogens is 432 g/mol. The van der Waals surface area contributed by atoms with E-state index in [9.17, 15) is 0 Å². The summed E-state index contributed by atoms with van der Waals surface area (Å²) in [4.78, 5) is 0. The van der Waals surface area contributed by atoms with Gasteiger partial charge in [0.25, 0.3) is 0 Å². The molecule has 1 aliphatic heterocycles. The van der Waals surface area contributed by atoms with Crippen LogP contribution in [0.25, 0.3) is 0 Å². The van der Waals surface area contributed by atoms with Gasteiger partial charge < -0.3 is 8.85 Å². The highest BCUT2D eigenvalue weighted by molar-refractivity contribution is 6.44. The van der Waals surface area contributed by atoms with Gasteiger partial charge in [-0.2, -0.15) is 0 Å². The van der Waals surface area contributed by atoms with E-state index < -0.39 is 9.28 Å². The predicted octanol–water partition coefficient (Wildman–Crippen LogP) is 8.65. The molecule has 1 heterocycles. The lowest BCUT2D eigenvalue weighted by molar-refractivity contribution is 0.395. The highest BCUT2D eigenvalue weighted by atomic mass is 28.3. The van der Waals surface area contributed by atoms with E-state index in [2.05, 4.69) is 121 Å². The van der Waals surface area contributed by atoms with Crippen LogP contribution in [0.3, 0.4) is 0 Å². The van der Waals surface area contributed by atoms with Crippen molar-refractivity contribution in [3.05, 3.63) is 57.6 Å². The van der Waals surface area contributed by atoms with Gasteiger partial charge in [0, 0.05) is 17.0 Å². The second-order valence-electron chi connectivity index (χ2n) is 14.4. The summed E-state index contributed by atoms with van der Waals surface area (Å²) in [5.41, 5.74) is 7.98. The van der Waals surface area contributed by atoms with Gasteiger partial charge in [0.2, 0.25) is 0 Å². The van der Waals surface area contributed by atoms with Crippen molar-refractivity contribution in [1.82, 2.24) is 0 Å². The summed E-state index contributed by atoms with van der Waals surface area (Å²) in [7, 11) is -1.99. The second kappa shape index (κ2) is 8.43. The van der Waals surface area contributed by atoms with Crippen molar-refractivity contribution < 1.29 is 8.85 Å². The molecule has 1 aliphatic rings. The minimum atomic E-state index is -1.99. The fourth-order valence-electron chi connectivity index (χ4n) is 4.71. The fourth-order valence-corrected chi connectivity index (χ4v) is 5.95. The molecule has 0 radical (unpaired) electrons. The number of fused-ring (bicyclic) bond motifs is 2. The Balaban J connectivity index is 2.44. The zero-order valence-electron chi connectivity index (χ0n) is 24.3. The van der Waals surface area contributed by atoms with Crippen LogP contribution in [0.5, 0.6) is 11.5 Å². The number of benzene rings is 2. The molecule has 2 nitrogen and oxygen atoms in total. The molecule has 0 unspecified atom stereocenters. The van der Waals surface area contributed by atoms with Gasteiger partial charge in [0.1, 0.15) is 11.5 Å². The first-order chi connectivity index (χ1) is 15.2. The Labute approximate surface area is 211 Å². The summed E-state index contributed by atoms with van der Waals surface area (Å²) in [6.45, 7) is 32.1. The highest BCUT2D eigenvalue weighted by Gasteiger charge is 2.35. The highest BCUT2D eigenvalue weighted by Crippen LogP contribution is 2.49. The van der Waals surface area contributed by atoms with Crippen LogP contribution in [0.4, 0.5) is 0 Å². The Morgan fingerprint density at radius 2 is 0.882 bits per heavy atom. The molecule has 0 N–H and O–H groups in total. The second-order valence-corrected chi connectivity index (χ2v) is 16.0. The van der Waals surface area contributed by atoms with Gasteiger partial charge >= 0.3 is 9.28 Å². The van der Waals surface area contributed by atoms with Crippen LogP contribution in [-0.4, -0.2) is 9.28 Å². The number of hydrogen-bond acceptors (Lipinski definition) is 2. The molecule has 0 saturated heterocycles. The summed E-state index contributed by atoms with van der Waals surface area (Å²) in [5, 5.41) is 0. The Bertz CT molecular complexity index is 984. The third kappa shape index (κ3) is 5.25. The minimum absolute atomic E-state index is 0.0228. The first kappa shape index (κ1) is 26.9. The van der Waals surface area contributed by atoms with Crippen molar-refractivity contribution in [3.63, 3.8) is 0 Å². The summed E-state index contributed by atoms with van der Waals surface area (Å²) in [6.07, 6.45) is 0. The first-order valence-electron chi connectivity index (χ1n) is 12.9. The minimum Gasteiger partial charge on any atom is -0.514 e. The molecule has 34 heavy (non-hydrogen) atoms. The van der Waals surface area contributed by atoms with Crippen LogP contribution in [0.1, 0.15) is 129 Å². The average Bonchev–Trinajstić information content (AvgIpc) is 2.63. The van der Waals surface area contributed by atoms with Crippen LogP contribution < -0.4 is 8.85 Å². The smallest absolute Gasteiger partial charge is 0.441 e. The molecule has 188 valence electrons. The molecule has 0 fully saturated rings. The van der Waals surface area contributed by atoms with Gasteiger partial charge in [0.05, 0.1) is 0 Å².